The highest BCUT2D eigenvalue weighted by atomic mass is 35.5. The van der Waals surface area contributed by atoms with Crippen molar-refractivity contribution in [2.75, 3.05) is 16.8 Å². The third-order valence-corrected chi connectivity index (χ3v) is 5.64. The van der Waals surface area contributed by atoms with Crippen molar-refractivity contribution >= 4 is 33.0 Å². The fourth-order valence-electron chi connectivity index (χ4n) is 2.40. The van der Waals surface area contributed by atoms with E-state index in [4.69, 9.17) is 11.6 Å². The Morgan fingerprint density at radius 1 is 1.36 bits per heavy atom. The van der Waals surface area contributed by atoms with Crippen molar-refractivity contribution in [3.05, 3.63) is 41.7 Å². The van der Waals surface area contributed by atoms with E-state index in [0.717, 1.165) is 0 Å². The van der Waals surface area contributed by atoms with E-state index in [1.54, 1.807) is 16.9 Å². The van der Waals surface area contributed by atoms with Gasteiger partial charge in [-0.05, 0) is 18.6 Å². The lowest BCUT2D eigenvalue weighted by Gasteiger charge is -2.07. The molecule has 6 nitrogen and oxygen atoms in total. The Morgan fingerprint density at radius 3 is 2.82 bits per heavy atom. The van der Waals surface area contributed by atoms with E-state index in [2.05, 4.69) is 10.4 Å². The molecule has 2 heterocycles. The van der Waals surface area contributed by atoms with Gasteiger partial charge in [-0.2, -0.15) is 5.10 Å². The van der Waals surface area contributed by atoms with E-state index < -0.39 is 15.8 Å². The first-order valence-corrected chi connectivity index (χ1v) is 8.95. The number of amides is 1. The molecule has 0 aliphatic carbocycles. The summed E-state index contributed by atoms with van der Waals surface area (Å²) >= 11 is 6.09. The van der Waals surface area contributed by atoms with Gasteiger partial charge in [0.25, 0.3) is 0 Å². The van der Waals surface area contributed by atoms with Crippen molar-refractivity contribution in [1.29, 1.82) is 0 Å². The molecule has 0 bridgehead atoms. The van der Waals surface area contributed by atoms with Crippen LogP contribution >= 0.6 is 11.6 Å². The van der Waals surface area contributed by atoms with Crippen molar-refractivity contribution in [2.24, 2.45) is 5.92 Å². The maximum Gasteiger partial charge on any atom is 0.228 e. The molecular formula is C14H14ClN3O3S. The number of halogens is 1. The zero-order valence-corrected chi connectivity index (χ0v) is 13.1. The lowest BCUT2D eigenvalue weighted by Crippen LogP contribution is -2.23. The lowest BCUT2D eigenvalue weighted by atomic mass is 10.1. The molecule has 1 amide bonds. The van der Waals surface area contributed by atoms with Crippen LogP contribution in [0.1, 0.15) is 6.42 Å². The molecule has 0 radical (unpaired) electrons. The molecule has 1 aliphatic rings. The van der Waals surface area contributed by atoms with Gasteiger partial charge < -0.3 is 5.32 Å². The van der Waals surface area contributed by atoms with Crippen LogP contribution in [-0.2, 0) is 14.6 Å². The van der Waals surface area contributed by atoms with Crippen molar-refractivity contribution in [3.63, 3.8) is 0 Å². The average molecular weight is 340 g/mol. The second kappa shape index (κ2) is 5.73. The Balaban J connectivity index is 1.73. The van der Waals surface area contributed by atoms with Gasteiger partial charge in [-0.15, -0.1) is 0 Å². The van der Waals surface area contributed by atoms with Crippen LogP contribution in [0.15, 0.2) is 36.7 Å². The normalized spacial score (nSPS) is 20.0. The minimum Gasteiger partial charge on any atom is -0.323 e. The molecule has 2 aromatic rings. The number of nitrogens with zero attached hydrogens (tertiary/aromatic N) is 2. The van der Waals surface area contributed by atoms with Gasteiger partial charge in [0.2, 0.25) is 5.91 Å². The Hall–Kier alpha value is -1.86. The molecular weight excluding hydrogens is 326 g/mol. The Bertz CT molecular complexity index is 816. The van der Waals surface area contributed by atoms with Crippen LogP contribution in [0.2, 0.25) is 5.02 Å². The van der Waals surface area contributed by atoms with Crippen LogP contribution in [-0.4, -0.2) is 35.6 Å². The zero-order chi connectivity index (χ0) is 15.7. The molecule has 116 valence electrons. The SMILES string of the molecule is O=C(Nc1cnn(-c2ccccc2Cl)c1)C1CCS(=O)(=O)C1. The summed E-state index contributed by atoms with van der Waals surface area (Å²) in [5.74, 6) is -0.796. The van der Waals surface area contributed by atoms with Gasteiger partial charge in [-0.3, -0.25) is 4.79 Å². The van der Waals surface area contributed by atoms with Gasteiger partial charge >= 0.3 is 0 Å². The predicted molar refractivity (Wildman–Crippen MR) is 84.0 cm³/mol. The molecule has 22 heavy (non-hydrogen) atoms. The second-order valence-electron chi connectivity index (χ2n) is 5.21. The molecule has 0 saturated carbocycles. The first-order chi connectivity index (χ1) is 10.4. The quantitative estimate of drug-likeness (QED) is 0.926. The highest BCUT2D eigenvalue weighted by Crippen LogP contribution is 2.22. The van der Waals surface area contributed by atoms with Crippen LogP contribution in [0, 0.1) is 5.92 Å². The summed E-state index contributed by atoms with van der Waals surface area (Å²) < 4.78 is 24.4. The topological polar surface area (TPSA) is 81.1 Å². The summed E-state index contributed by atoms with van der Waals surface area (Å²) in [6, 6.07) is 7.22. The van der Waals surface area contributed by atoms with Crippen molar-refractivity contribution < 1.29 is 13.2 Å². The van der Waals surface area contributed by atoms with E-state index >= 15 is 0 Å². The minimum absolute atomic E-state index is 0.0734. The average Bonchev–Trinajstić information content (AvgIpc) is 3.06. The van der Waals surface area contributed by atoms with Crippen molar-refractivity contribution in [3.8, 4) is 5.69 Å². The van der Waals surface area contributed by atoms with Gasteiger partial charge in [-0.25, -0.2) is 13.1 Å². The fraction of sp³-hybridized carbons (Fsp3) is 0.286. The number of hydrogen-bond donors (Lipinski definition) is 1. The number of benzene rings is 1. The highest BCUT2D eigenvalue weighted by Gasteiger charge is 2.33. The first kappa shape index (κ1) is 15.1. The molecule has 1 saturated heterocycles. The highest BCUT2D eigenvalue weighted by molar-refractivity contribution is 7.91. The number of sulfone groups is 1. The lowest BCUT2D eigenvalue weighted by molar-refractivity contribution is -0.119. The number of carbonyl (C=O) groups is 1. The van der Waals surface area contributed by atoms with Gasteiger partial charge in [0.15, 0.2) is 9.84 Å². The van der Waals surface area contributed by atoms with Crippen LogP contribution in [0.3, 0.4) is 0 Å². The van der Waals surface area contributed by atoms with Gasteiger partial charge in [0.05, 0.1) is 46.2 Å². The summed E-state index contributed by atoms with van der Waals surface area (Å²) in [7, 11) is -3.08. The summed E-state index contributed by atoms with van der Waals surface area (Å²) in [5, 5.41) is 7.40. The number of hydrogen-bond acceptors (Lipinski definition) is 4. The molecule has 3 rings (SSSR count). The van der Waals surface area contributed by atoms with Gasteiger partial charge in [0, 0.05) is 0 Å². The fourth-order valence-corrected chi connectivity index (χ4v) is 4.37. The van der Waals surface area contributed by atoms with Gasteiger partial charge in [-0.1, -0.05) is 23.7 Å². The largest absolute Gasteiger partial charge is 0.323 e. The third-order valence-electron chi connectivity index (χ3n) is 3.55. The molecule has 1 aliphatic heterocycles. The predicted octanol–water partition coefficient (Wildman–Crippen LogP) is 1.90. The van der Waals surface area contributed by atoms with Crippen LogP contribution in [0.25, 0.3) is 5.69 Å². The summed E-state index contributed by atoms with van der Waals surface area (Å²) in [4.78, 5) is 12.1. The molecule has 1 fully saturated rings. The van der Waals surface area contributed by atoms with Crippen LogP contribution in [0.5, 0.6) is 0 Å². The van der Waals surface area contributed by atoms with E-state index in [1.165, 1.54) is 6.20 Å². The maximum atomic E-state index is 12.1. The number of anilines is 1. The standard InChI is InChI=1S/C14H14ClN3O3S/c15-12-3-1-2-4-13(12)18-8-11(7-16-18)17-14(19)10-5-6-22(20,21)9-10/h1-4,7-8,10H,5-6,9H2,(H,17,19). The summed E-state index contributed by atoms with van der Waals surface area (Å²) in [6.45, 7) is 0. The number of nitrogens with one attached hydrogen (secondary N) is 1. The zero-order valence-electron chi connectivity index (χ0n) is 11.6. The molecule has 8 heteroatoms. The van der Waals surface area contributed by atoms with Gasteiger partial charge in [0.1, 0.15) is 0 Å². The Kier molecular flexibility index (Phi) is 3.92. The van der Waals surface area contributed by atoms with E-state index in [-0.39, 0.29) is 17.4 Å². The molecule has 1 unspecified atom stereocenters. The van der Waals surface area contributed by atoms with E-state index in [9.17, 15) is 13.2 Å². The van der Waals surface area contributed by atoms with Crippen molar-refractivity contribution in [2.45, 2.75) is 6.42 Å². The van der Waals surface area contributed by atoms with E-state index in [0.29, 0.717) is 22.8 Å². The molecule has 1 aromatic heterocycles. The van der Waals surface area contributed by atoms with E-state index in [1.807, 2.05) is 18.2 Å². The number of para-hydroxylation sites is 1. The smallest absolute Gasteiger partial charge is 0.228 e. The Labute approximate surface area is 133 Å². The molecule has 0 spiro atoms. The van der Waals surface area contributed by atoms with Crippen LogP contribution < -0.4 is 5.32 Å². The molecule has 1 atom stereocenters. The maximum absolute atomic E-state index is 12.1. The Morgan fingerprint density at radius 2 is 2.14 bits per heavy atom. The molecule has 1 N–H and O–H groups in total. The number of aromatic nitrogens is 2. The minimum atomic E-state index is -3.08. The second-order valence-corrected chi connectivity index (χ2v) is 7.85. The summed E-state index contributed by atoms with van der Waals surface area (Å²) in [6.07, 6.45) is 3.51. The third kappa shape index (κ3) is 3.15. The monoisotopic (exact) mass is 339 g/mol. The van der Waals surface area contributed by atoms with Crippen LogP contribution in [0.4, 0.5) is 5.69 Å². The number of rotatable bonds is 3. The molecule has 1 aromatic carbocycles. The van der Waals surface area contributed by atoms with Crippen molar-refractivity contribution in [1.82, 2.24) is 9.78 Å². The summed E-state index contributed by atoms with van der Waals surface area (Å²) in [5.41, 5.74) is 1.21. The number of carbonyl (C=O) groups excluding carboxylic acids is 1. The first-order valence-electron chi connectivity index (χ1n) is 6.75.